The van der Waals surface area contributed by atoms with Crippen LogP contribution in [0.4, 0.5) is 13.2 Å². The maximum atomic E-state index is 13.2. The number of benzene rings is 2. The Hall–Kier alpha value is -3.42. The molecule has 3 rings (SSSR count). The zero-order valence-corrected chi connectivity index (χ0v) is 20.9. The molecule has 194 valence electrons. The number of halogens is 3. The Bertz CT molecular complexity index is 1200. The van der Waals surface area contributed by atoms with Gasteiger partial charge in [-0.05, 0) is 48.7 Å². The van der Waals surface area contributed by atoms with Crippen molar-refractivity contribution in [3.63, 3.8) is 0 Å². The molecule has 3 aromatic rings. The highest BCUT2D eigenvalue weighted by atomic mass is 19.4. The van der Waals surface area contributed by atoms with Crippen molar-refractivity contribution in [1.29, 1.82) is 0 Å². The Labute approximate surface area is 209 Å². The van der Waals surface area contributed by atoms with Gasteiger partial charge in [-0.25, -0.2) is 4.79 Å². The van der Waals surface area contributed by atoms with E-state index in [9.17, 15) is 18.0 Å². The van der Waals surface area contributed by atoms with Gasteiger partial charge in [-0.1, -0.05) is 39.3 Å². The van der Waals surface area contributed by atoms with Crippen molar-refractivity contribution < 1.29 is 32.2 Å². The number of hydrogen-bond acceptors (Lipinski definition) is 4. The molecule has 5 nitrogen and oxygen atoms in total. The van der Waals surface area contributed by atoms with Crippen LogP contribution in [0.3, 0.4) is 0 Å². The lowest BCUT2D eigenvalue weighted by Crippen LogP contribution is -2.18. The number of carbonyl (C=O) groups is 1. The maximum Gasteiger partial charge on any atom is 0.573 e. The van der Waals surface area contributed by atoms with E-state index in [4.69, 9.17) is 9.47 Å². The summed E-state index contributed by atoms with van der Waals surface area (Å²) < 4.78 is 56.8. The molecule has 1 aromatic heterocycles. The van der Waals surface area contributed by atoms with Gasteiger partial charge in [0, 0.05) is 36.1 Å². The lowest BCUT2D eigenvalue weighted by Gasteiger charge is -2.16. The number of aromatic nitrogens is 1. The predicted octanol–water partition coefficient (Wildman–Crippen LogP) is 7.22. The Morgan fingerprint density at radius 2 is 1.89 bits per heavy atom. The molecular formula is C28H32F3NO4. The molecule has 8 heteroatoms. The molecule has 1 unspecified atom stereocenters. The summed E-state index contributed by atoms with van der Waals surface area (Å²) in [5, 5.41) is 0.859. The van der Waals surface area contributed by atoms with Gasteiger partial charge in [-0.15, -0.1) is 13.2 Å². The number of esters is 1. The third-order valence-electron chi connectivity index (χ3n) is 5.84. The molecule has 0 radical (unpaired) electrons. The Morgan fingerprint density at radius 3 is 2.58 bits per heavy atom. The van der Waals surface area contributed by atoms with Crippen molar-refractivity contribution in [2.75, 3.05) is 13.2 Å². The fourth-order valence-electron chi connectivity index (χ4n) is 3.95. The van der Waals surface area contributed by atoms with E-state index in [1.807, 2.05) is 35.8 Å². The Morgan fingerprint density at radius 1 is 1.11 bits per heavy atom. The molecule has 0 saturated carbocycles. The number of nitrogens with zero attached hydrogens (tertiary/aromatic N) is 1. The van der Waals surface area contributed by atoms with Crippen molar-refractivity contribution in [2.24, 2.45) is 13.0 Å². The average molecular weight is 504 g/mol. The van der Waals surface area contributed by atoms with Gasteiger partial charge in [-0.2, -0.15) is 0 Å². The highest BCUT2D eigenvalue weighted by Gasteiger charge is 2.32. The first kappa shape index (κ1) is 27.2. The van der Waals surface area contributed by atoms with E-state index in [2.05, 4.69) is 18.2 Å². The van der Waals surface area contributed by atoms with Gasteiger partial charge < -0.3 is 18.8 Å². The maximum absolute atomic E-state index is 13.2. The summed E-state index contributed by atoms with van der Waals surface area (Å²) in [5.74, 6) is -0.120. The second-order valence-electron chi connectivity index (χ2n) is 8.89. The zero-order chi connectivity index (χ0) is 26.3. The monoisotopic (exact) mass is 503 g/mol. The molecule has 36 heavy (non-hydrogen) atoms. The molecule has 0 amide bonds. The van der Waals surface area contributed by atoms with Gasteiger partial charge in [0.2, 0.25) is 0 Å². The van der Waals surface area contributed by atoms with Gasteiger partial charge in [0.25, 0.3) is 0 Å². The first-order valence-corrected chi connectivity index (χ1v) is 12.0. The first-order valence-electron chi connectivity index (χ1n) is 12.0. The van der Waals surface area contributed by atoms with Crippen molar-refractivity contribution in [2.45, 2.75) is 45.9 Å². The summed E-state index contributed by atoms with van der Waals surface area (Å²) in [7, 11) is 1.80. The van der Waals surface area contributed by atoms with E-state index in [1.54, 1.807) is 19.2 Å². The summed E-state index contributed by atoms with van der Waals surface area (Å²) in [6.07, 6.45) is -0.0214. The van der Waals surface area contributed by atoms with Gasteiger partial charge in [0.15, 0.2) is 0 Å². The molecule has 0 saturated heterocycles. The van der Waals surface area contributed by atoms with E-state index >= 15 is 0 Å². The third kappa shape index (κ3) is 7.29. The summed E-state index contributed by atoms with van der Waals surface area (Å²) in [6.45, 7) is 7.87. The number of hydrogen-bond donors (Lipinski definition) is 0. The number of carbonyl (C=O) groups excluding carboxylic acids is 1. The van der Waals surface area contributed by atoms with Crippen LogP contribution in [0.2, 0.25) is 0 Å². The molecule has 2 aromatic carbocycles. The molecular weight excluding hydrogens is 471 g/mol. The van der Waals surface area contributed by atoms with Crippen LogP contribution in [-0.2, 0) is 23.0 Å². The fourth-order valence-corrected chi connectivity index (χ4v) is 3.95. The van der Waals surface area contributed by atoms with Crippen LogP contribution in [0, 0.1) is 5.92 Å². The minimum absolute atomic E-state index is 0.0357. The number of aryl methyl sites for hydroxylation is 2. The minimum atomic E-state index is -4.79. The zero-order valence-electron chi connectivity index (χ0n) is 20.9. The summed E-state index contributed by atoms with van der Waals surface area (Å²) >= 11 is 0. The lowest BCUT2D eigenvalue weighted by molar-refractivity contribution is -0.274. The van der Waals surface area contributed by atoms with Crippen LogP contribution in [0.1, 0.15) is 38.7 Å². The average Bonchev–Trinajstić information content (AvgIpc) is 3.16. The summed E-state index contributed by atoms with van der Waals surface area (Å²) in [4.78, 5) is 11.2. The van der Waals surface area contributed by atoms with Gasteiger partial charge in [-0.3, -0.25) is 0 Å². The van der Waals surface area contributed by atoms with E-state index in [-0.39, 0.29) is 18.3 Å². The number of ether oxygens (including phenoxy) is 3. The molecule has 0 bridgehead atoms. The predicted molar refractivity (Wildman–Crippen MR) is 134 cm³/mol. The second-order valence-corrected chi connectivity index (χ2v) is 8.89. The molecule has 0 aliphatic heterocycles. The lowest BCUT2D eigenvalue weighted by atomic mass is 10.0. The quantitative estimate of drug-likeness (QED) is 0.149. The molecule has 1 atom stereocenters. The van der Waals surface area contributed by atoms with Crippen molar-refractivity contribution in [3.05, 3.63) is 60.7 Å². The normalized spacial score (nSPS) is 12.4. The van der Waals surface area contributed by atoms with Gasteiger partial charge in [0.05, 0.1) is 24.4 Å². The minimum Gasteiger partial charge on any atom is -0.493 e. The van der Waals surface area contributed by atoms with Crippen LogP contribution in [0.5, 0.6) is 11.5 Å². The fraction of sp³-hybridized carbons (Fsp3) is 0.393. The smallest absolute Gasteiger partial charge is 0.493 e. The summed E-state index contributed by atoms with van der Waals surface area (Å²) in [5.41, 5.74) is 2.59. The first-order chi connectivity index (χ1) is 17.1. The largest absolute Gasteiger partial charge is 0.573 e. The van der Waals surface area contributed by atoms with Gasteiger partial charge >= 0.3 is 12.3 Å². The molecule has 0 N–H and O–H groups in total. The van der Waals surface area contributed by atoms with Crippen molar-refractivity contribution in [3.8, 4) is 22.8 Å². The van der Waals surface area contributed by atoms with Gasteiger partial charge in [0.1, 0.15) is 11.5 Å². The number of alkyl halides is 3. The SMILES string of the molecule is C=CC(=O)OCC(C)COc1ccc2cc(-c3ccc(CCCCC)cc3OC(F)(F)F)n(C)c2c1. The Balaban J connectivity index is 1.85. The number of unbranched alkanes of at least 4 members (excludes halogenated alkanes) is 2. The van der Waals surface area contributed by atoms with Crippen molar-refractivity contribution >= 4 is 16.9 Å². The number of rotatable bonds is 12. The molecule has 0 fully saturated rings. The Kier molecular flexibility index (Phi) is 9.07. The topological polar surface area (TPSA) is 49.7 Å². The number of fused-ring (bicyclic) bond motifs is 1. The summed E-state index contributed by atoms with van der Waals surface area (Å²) in [6, 6.07) is 12.4. The van der Waals surface area contributed by atoms with Crippen LogP contribution >= 0.6 is 0 Å². The standard InChI is InChI=1S/C28H32F3NO4/c1-5-7-8-9-20-10-13-23(26(14-20)36-28(29,30)31)25-15-21-11-12-22(16-24(21)32(25)4)34-17-19(3)18-35-27(33)6-2/h6,10-16,19H,2,5,7-9,17-18H2,1,3-4H3. The third-order valence-corrected chi connectivity index (χ3v) is 5.84. The molecule has 0 spiro atoms. The van der Waals surface area contributed by atoms with E-state index in [0.717, 1.165) is 41.8 Å². The highest BCUT2D eigenvalue weighted by molar-refractivity contribution is 5.89. The molecule has 0 aliphatic rings. The van der Waals surface area contributed by atoms with Crippen molar-refractivity contribution in [1.82, 2.24) is 4.57 Å². The highest BCUT2D eigenvalue weighted by Crippen LogP contribution is 2.38. The van der Waals surface area contributed by atoms with E-state index in [0.29, 0.717) is 30.0 Å². The van der Waals surface area contributed by atoms with Crippen LogP contribution < -0.4 is 9.47 Å². The second kappa shape index (κ2) is 12.0. The molecule has 0 aliphatic carbocycles. The van der Waals surface area contributed by atoms with E-state index in [1.165, 1.54) is 6.07 Å². The molecule has 1 heterocycles. The van der Waals surface area contributed by atoms with Crippen LogP contribution in [0.15, 0.2) is 55.1 Å². The van der Waals surface area contributed by atoms with Crippen LogP contribution in [0.25, 0.3) is 22.2 Å². The van der Waals surface area contributed by atoms with Crippen LogP contribution in [-0.4, -0.2) is 30.1 Å². The van der Waals surface area contributed by atoms with E-state index < -0.39 is 12.3 Å².